The maximum atomic E-state index is 14.3. The number of rotatable bonds is 9. The molecule has 3 aromatic carbocycles. The Morgan fingerprint density at radius 1 is 0.902 bits per heavy atom. The lowest BCUT2D eigenvalue weighted by Crippen LogP contribution is -2.51. The predicted molar refractivity (Wildman–Crippen MR) is 154 cm³/mol. The first kappa shape index (κ1) is 27.6. The molecule has 3 aliphatic rings. The number of anilines is 2. The van der Waals surface area contributed by atoms with E-state index in [1.165, 1.54) is 18.6 Å². The minimum Gasteiger partial charge on any atom is -0.493 e. The summed E-state index contributed by atoms with van der Waals surface area (Å²) in [5, 5.41) is 17.2. The second-order valence-corrected chi connectivity index (χ2v) is 11.9. The van der Waals surface area contributed by atoms with Gasteiger partial charge >= 0.3 is 5.97 Å². The summed E-state index contributed by atoms with van der Waals surface area (Å²) < 4.78 is 40.8. The number of benzene rings is 3. The summed E-state index contributed by atoms with van der Waals surface area (Å²) in [5.41, 5.74) is -0.168. The van der Waals surface area contributed by atoms with Crippen LogP contribution in [0.2, 0.25) is 5.02 Å². The molecule has 0 spiro atoms. The lowest BCUT2D eigenvalue weighted by atomic mass is 9.72. The standard InChI is InChI=1S/C32H33ClF2N2O4/c33-22-9-7-21(8-10-22)32(36-28-17-26(34)27(35)18-29(28)37-32)25(20-5-2-1-3-6-20)19-40-23-11-13-24(14-12-23)41-31(30(38)39)15-4-16-31/h7-14,17-18,20,25,36-37H,1-6,15-16,19H2,(H,38,39). The second-order valence-electron chi connectivity index (χ2n) is 11.4. The van der Waals surface area contributed by atoms with E-state index in [2.05, 4.69) is 10.6 Å². The van der Waals surface area contributed by atoms with Gasteiger partial charge in [0.2, 0.25) is 5.60 Å². The molecular weight excluding hydrogens is 550 g/mol. The van der Waals surface area contributed by atoms with Crippen molar-refractivity contribution < 1.29 is 28.2 Å². The molecule has 1 aliphatic heterocycles. The van der Waals surface area contributed by atoms with Crippen LogP contribution in [0.3, 0.4) is 0 Å². The van der Waals surface area contributed by atoms with Gasteiger partial charge in [0.15, 0.2) is 11.6 Å². The zero-order valence-electron chi connectivity index (χ0n) is 22.6. The average Bonchev–Trinajstić information content (AvgIpc) is 3.31. The first-order valence-electron chi connectivity index (χ1n) is 14.2. The van der Waals surface area contributed by atoms with Gasteiger partial charge < -0.3 is 25.2 Å². The van der Waals surface area contributed by atoms with Crippen LogP contribution < -0.4 is 20.1 Å². The van der Waals surface area contributed by atoms with Crippen molar-refractivity contribution in [1.82, 2.24) is 0 Å². The molecule has 1 atom stereocenters. The van der Waals surface area contributed by atoms with E-state index in [0.717, 1.165) is 37.7 Å². The van der Waals surface area contributed by atoms with E-state index < -0.39 is 28.9 Å². The highest BCUT2D eigenvalue weighted by Crippen LogP contribution is 2.49. The topological polar surface area (TPSA) is 79.8 Å². The molecule has 0 aromatic heterocycles. The fraction of sp³-hybridized carbons (Fsp3) is 0.406. The molecule has 3 aromatic rings. The van der Waals surface area contributed by atoms with Gasteiger partial charge in [0, 0.05) is 23.1 Å². The SMILES string of the molecule is O=C(O)C1(Oc2ccc(OCC(C3CCCCC3)C3(c4ccc(Cl)cc4)Nc4cc(F)c(F)cc4N3)cc2)CCC1. The largest absolute Gasteiger partial charge is 0.493 e. The van der Waals surface area contributed by atoms with Crippen LogP contribution in [0.25, 0.3) is 0 Å². The molecule has 2 saturated carbocycles. The first-order chi connectivity index (χ1) is 19.8. The van der Waals surface area contributed by atoms with Crippen LogP contribution in [0, 0.1) is 23.5 Å². The molecule has 2 fully saturated rings. The maximum absolute atomic E-state index is 14.3. The molecule has 9 heteroatoms. The van der Waals surface area contributed by atoms with Crippen molar-refractivity contribution in [2.75, 3.05) is 17.2 Å². The van der Waals surface area contributed by atoms with Crippen LogP contribution in [0.15, 0.2) is 60.7 Å². The molecule has 3 N–H and O–H groups in total. The fourth-order valence-corrected chi connectivity index (χ4v) is 6.62. The van der Waals surface area contributed by atoms with Gasteiger partial charge in [-0.15, -0.1) is 0 Å². The van der Waals surface area contributed by atoms with E-state index in [0.29, 0.717) is 47.3 Å². The zero-order chi connectivity index (χ0) is 28.6. The number of fused-ring (bicyclic) bond motifs is 1. The van der Waals surface area contributed by atoms with E-state index in [9.17, 15) is 18.7 Å². The van der Waals surface area contributed by atoms with Gasteiger partial charge in [0.1, 0.15) is 17.2 Å². The number of halogens is 3. The lowest BCUT2D eigenvalue weighted by Gasteiger charge is -2.44. The number of hydrogen-bond donors (Lipinski definition) is 3. The number of nitrogens with one attached hydrogen (secondary N) is 2. The van der Waals surface area contributed by atoms with E-state index in [-0.39, 0.29) is 11.8 Å². The Morgan fingerprint density at radius 3 is 2.02 bits per heavy atom. The first-order valence-corrected chi connectivity index (χ1v) is 14.6. The number of aliphatic carboxylic acids is 1. The highest BCUT2D eigenvalue weighted by Gasteiger charge is 2.49. The summed E-state index contributed by atoms with van der Waals surface area (Å²) in [6, 6.07) is 16.9. The number of carboxylic acids is 1. The molecule has 1 unspecified atom stereocenters. The van der Waals surface area contributed by atoms with Gasteiger partial charge in [-0.1, -0.05) is 43.0 Å². The predicted octanol–water partition coefficient (Wildman–Crippen LogP) is 7.97. The smallest absolute Gasteiger partial charge is 0.348 e. The van der Waals surface area contributed by atoms with Crippen molar-refractivity contribution in [2.24, 2.45) is 11.8 Å². The van der Waals surface area contributed by atoms with Crippen LogP contribution in [0.4, 0.5) is 20.2 Å². The summed E-state index contributed by atoms with van der Waals surface area (Å²) in [6.45, 7) is 0.325. The monoisotopic (exact) mass is 582 g/mol. The van der Waals surface area contributed by atoms with Crippen molar-refractivity contribution >= 4 is 28.9 Å². The zero-order valence-corrected chi connectivity index (χ0v) is 23.4. The third-order valence-corrected chi connectivity index (χ3v) is 9.17. The molecule has 41 heavy (non-hydrogen) atoms. The van der Waals surface area contributed by atoms with E-state index >= 15 is 0 Å². The highest BCUT2D eigenvalue weighted by atomic mass is 35.5. The van der Waals surface area contributed by atoms with Gasteiger partial charge in [-0.05, 0) is 80.0 Å². The molecule has 6 nitrogen and oxygen atoms in total. The number of ether oxygens (including phenoxy) is 2. The number of carboxylic acid groups (broad SMARTS) is 1. The molecule has 0 amide bonds. The van der Waals surface area contributed by atoms with Crippen molar-refractivity contribution in [1.29, 1.82) is 0 Å². The summed E-state index contributed by atoms with van der Waals surface area (Å²) in [5.74, 6) is -1.50. The highest BCUT2D eigenvalue weighted by molar-refractivity contribution is 6.30. The second kappa shape index (κ2) is 11.0. The molecule has 216 valence electrons. The molecule has 0 radical (unpaired) electrons. The normalized spacial score (nSPS) is 19.7. The van der Waals surface area contributed by atoms with Crippen LogP contribution >= 0.6 is 11.6 Å². The van der Waals surface area contributed by atoms with E-state index in [1.54, 1.807) is 24.3 Å². The third-order valence-electron chi connectivity index (χ3n) is 8.92. The van der Waals surface area contributed by atoms with Gasteiger partial charge in [-0.25, -0.2) is 13.6 Å². The summed E-state index contributed by atoms with van der Waals surface area (Å²) in [7, 11) is 0. The van der Waals surface area contributed by atoms with Crippen LogP contribution in [0.5, 0.6) is 11.5 Å². The molecule has 2 aliphatic carbocycles. The van der Waals surface area contributed by atoms with Crippen LogP contribution in [0.1, 0.15) is 56.9 Å². The van der Waals surface area contributed by atoms with Gasteiger partial charge in [-0.2, -0.15) is 0 Å². The Balaban J connectivity index is 1.30. The Morgan fingerprint density at radius 2 is 1.49 bits per heavy atom. The van der Waals surface area contributed by atoms with E-state index in [1.807, 2.05) is 24.3 Å². The average molecular weight is 583 g/mol. The fourth-order valence-electron chi connectivity index (χ4n) is 6.49. The molecule has 0 saturated heterocycles. The molecular formula is C32H33ClF2N2O4. The summed E-state index contributed by atoms with van der Waals surface area (Å²) >= 11 is 6.24. The van der Waals surface area contributed by atoms with Gasteiger partial charge in [-0.3, -0.25) is 0 Å². The number of hydrogen-bond acceptors (Lipinski definition) is 5. The minimum absolute atomic E-state index is 0.122. The Labute approximate surface area is 243 Å². The van der Waals surface area contributed by atoms with Crippen LogP contribution in [-0.4, -0.2) is 23.3 Å². The molecule has 0 bridgehead atoms. The number of carbonyl (C=O) groups is 1. The maximum Gasteiger partial charge on any atom is 0.348 e. The summed E-state index contributed by atoms with van der Waals surface area (Å²) in [6.07, 6.45) is 7.22. The molecule has 1 heterocycles. The van der Waals surface area contributed by atoms with Gasteiger partial charge in [0.05, 0.1) is 18.0 Å². The van der Waals surface area contributed by atoms with Crippen molar-refractivity contribution in [3.05, 3.63) is 82.9 Å². The Bertz CT molecular complexity index is 1380. The van der Waals surface area contributed by atoms with Crippen molar-refractivity contribution in [3.8, 4) is 11.5 Å². The Hall–Kier alpha value is -3.52. The van der Waals surface area contributed by atoms with Gasteiger partial charge in [0.25, 0.3) is 0 Å². The van der Waals surface area contributed by atoms with Crippen molar-refractivity contribution in [2.45, 2.75) is 62.6 Å². The quantitative estimate of drug-likeness (QED) is 0.237. The lowest BCUT2D eigenvalue weighted by molar-refractivity contribution is -0.163. The van der Waals surface area contributed by atoms with E-state index in [4.69, 9.17) is 21.1 Å². The molecule has 6 rings (SSSR count). The third kappa shape index (κ3) is 5.30. The van der Waals surface area contributed by atoms with Crippen LogP contribution in [-0.2, 0) is 10.5 Å². The summed E-state index contributed by atoms with van der Waals surface area (Å²) in [4.78, 5) is 11.7. The van der Waals surface area contributed by atoms with Crippen molar-refractivity contribution in [3.63, 3.8) is 0 Å². The minimum atomic E-state index is -1.15. The Kier molecular flexibility index (Phi) is 7.45.